The Morgan fingerprint density at radius 1 is 1.00 bits per heavy atom. The van der Waals surface area contributed by atoms with Crippen LogP contribution >= 0.6 is 0 Å². The van der Waals surface area contributed by atoms with Crippen LogP contribution in [0.25, 0.3) is 6.08 Å². The number of nitrogens with zero attached hydrogens (tertiary/aromatic N) is 2. The Morgan fingerprint density at radius 3 is 2.27 bits per heavy atom. The lowest BCUT2D eigenvalue weighted by Gasteiger charge is -2.37. The van der Waals surface area contributed by atoms with Crippen LogP contribution in [0.3, 0.4) is 0 Å². The van der Waals surface area contributed by atoms with E-state index in [4.69, 9.17) is 0 Å². The normalized spacial score (nSPS) is 17.7. The van der Waals surface area contributed by atoms with Crippen molar-refractivity contribution in [2.45, 2.75) is 32.2 Å². The summed E-state index contributed by atoms with van der Waals surface area (Å²) in [5.41, 5.74) is 2.53. The van der Waals surface area contributed by atoms with Crippen molar-refractivity contribution in [2.75, 3.05) is 39.3 Å². The summed E-state index contributed by atoms with van der Waals surface area (Å²) in [6.45, 7) is 9.74. The third-order valence-corrected chi connectivity index (χ3v) is 6.09. The summed E-state index contributed by atoms with van der Waals surface area (Å²) in [5, 5.41) is 3.19. The van der Waals surface area contributed by atoms with E-state index >= 15 is 0 Å². The van der Waals surface area contributed by atoms with Crippen molar-refractivity contribution >= 4 is 12.0 Å². The van der Waals surface area contributed by atoms with Crippen LogP contribution in [0.2, 0.25) is 0 Å². The Morgan fingerprint density at radius 2 is 1.63 bits per heavy atom. The van der Waals surface area contributed by atoms with E-state index in [1.165, 1.54) is 11.1 Å². The molecule has 4 nitrogen and oxygen atoms in total. The molecule has 2 atom stereocenters. The SMILES string of the molecule is CC[C@H](CNC(=O)[C@H](C)N1CCN(C/C=C/c2ccccc2)CC1)c1ccccc1. The first kappa shape index (κ1) is 22.3. The van der Waals surface area contributed by atoms with Crippen molar-refractivity contribution in [3.05, 3.63) is 77.9 Å². The van der Waals surface area contributed by atoms with Gasteiger partial charge in [0.15, 0.2) is 0 Å². The van der Waals surface area contributed by atoms with Crippen LogP contribution in [-0.4, -0.2) is 61.0 Å². The maximum Gasteiger partial charge on any atom is 0.237 e. The molecule has 0 aromatic heterocycles. The highest BCUT2D eigenvalue weighted by molar-refractivity contribution is 5.81. The number of carbonyl (C=O) groups excluding carboxylic acids is 1. The summed E-state index contributed by atoms with van der Waals surface area (Å²) in [5.74, 6) is 0.511. The molecule has 0 unspecified atom stereocenters. The van der Waals surface area contributed by atoms with Crippen LogP contribution in [0.1, 0.15) is 37.3 Å². The molecule has 160 valence electrons. The molecule has 4 heteroatoms. The molecule has 1 aliphatic rings. The summed E-state index contributed by atoms with van der Waals surface area (Å²) >= 11 is 0. The van der Waals surface area contributed by atoms with E-state index in [-0.39, 0.29) is 11.9 Å². The third-order valence-electron chi connectivity index (χ3n) is 6.09. The molecule has 1 N–H and O–H groups in total. The molecule has 1 fully saturated rings. The summed E-state index contributed by atoms with van der Waals surface area (Å²) in [4.78, 5) is 17.5. The van der Waals surface area contributed by atoms with Crippen molar-refractivity contribution in [3.8, 4) is 0 Å². The highest BCUT2D eigenvalue weighted by atomic mass is 16.2. The fourth-order valence-electron chi connectivity index (χ4n) is 4.00. The molecule has 0 saturated carbocycles. The van der Waals surface area contributed by atoms with Gasteiger partial charge in [0.1, 0.15) is 0 Å². The van der Waals surface area contributed by atoms with E-state index in [0.717, 1.165) is 39.1 Å². The molecule has 1 heterocycles. The number of carbonyl (C=O) groups is 1. The zero-order chi connectivity index (χ0) is 21.2. The summed E-state index contributed by atoms with van der Waals surface area (Å²) in [6, 6.07) is 20.8. The van der Waals surface area contributed by atoms with Crippen LogP contribution in [0.4, 0.5) is 0 Å². The molecular formula is C26H35N3O. The first-order valence-electron chi connectivity index (χ1n) is 11.2. The molecule has 1 amide bonds. The summed E-state index contributed by atoms with van der Waals surface area (Å²) in [7, 11) is 0. The minimum absolute atomic E-state index is 0.0831. The fraction of sp³-hybridized carbons (Fsp3) is 0.423. The van der Waals surface area contributed by atoms with Crippen LogP contribution in [0.5, 0.6) is 0 Å². The van der Waals surface area contributed by atoms with Gasteiger partial charge in [-0.2, -0.15) is 0 Å². The van der Waals surface area contributed by atoms with E-state index in [1.807, 2.05) is 19.1 Å². The van der Waals surface area contributed by atoms with Gasteiger partial charge in [-0.25, -0.2) is 0 Å². The average Bonchev–Trinajstić information content (AvgIpc) is 2.81. The van der Waals surface area contributed by atoms with E-state index in [2.05, 4.69) is 82.7 Å². The van der Waals surface area contributed by atoms with E-state index in [1.54, 1.807) is 0 Å². The Balaban J connectivity index is 1.40. The Kier molecular flexibility index (Phi) is 8.66. The van der Waals surface area contributed by atoms with Crippen molar-refractivity contribution in [3.63, 3.8) is 0 Å². The van der Waals surface area contributed by atoms with Crippen molar-refractivity contribution < 1.29 is 4.79 Å². The zero-order valence-corrected chi connectivity index (χ0v) is 18.3. The smallest absolute Gasteiger partial charge is 0.237 e. The zero-order valence-electron chi connectivity index (χ0n) is 18.3. The van der Waals surface area contributed by atoms with Crippen molar-refractivity contribution in [1.29, 1.82) is 0 Å². The highest BCUT2D eigenvalue weighted by Gasteiger charge is 2.25. The van der Waals surface area contributed by atoms with Gasteiger partial charge in [0.05, 0.1) is 6.04 Å². The molecule has 0 aliphatic carbocycles. The van der Waals surface area contributed by atoms with Crippen LogP contribution in [-0.2, 0) is 4.79 Å². The largest absolute Gasteiger partial charge is 0.354 e. The number of hydrogen-bond acceptors (Lipinski definition) is 3. The van der Waals surface area contributed by atoms with E-state index in [0.29, 0.717) is 12.5 Å². The minimum atomic E-state index is -0.0831. The molecule has 2 aromatic carbocycles. The number of amides is 1. The van der Waals surface area contributed by atoms with Gasteiger partial charge < -0.3 is 5.32 Å². The van der Waals surface area contributed by atoms with Gasteiger partial charge >= 0.3 is 0 Å². The predicted molar refractivity (Wildman–Crippen MR) is 125 cm³/mol. The maximum atomic E-state index is 12.7. The number of benzene rings is 2. The monoisotopic (exact) mass is 405 g/mol. The Bertz CT molecular complexity index is 782. The van der Waals surface area contributed by atoms with Gasteiger partial charge in [0, 0.05) is 45.2 Å². The second-order valence-electron chi connectivity index (χ2n) is 8.09. The van der Waals surface area contributed by atoms with Crippen LogP contribution < -0.4 is 5.32 Å². The first-order valence-corrected chi connectivity index (χ1v) is 11.2. The van der Waals surface area contributed by atoms with Gasteiger partial charge in [0.25, 0.3) is 0 Å². The predicted octanol–water partition coefficient (Wildman–Crippen LogP) is 4.02. The number of nitrogens with one attached hydrogen (secondary N) is 1. The topological polar surface area (TPSA) is 35.6 Å². The molecule has 0 bridgehead atoms. The van der Waals surface area contributed by atoms with Gasteiger partial charge in [-0.1, -0.05) is 79.7 Å². The first-order chi connectivity index (χ1) is 14.7. The van der Waals surface area contributed by atoms with Crippen molar-refractivity contribution in [1.82, 2.24) is 15.1 Å². The summed E-state index contributed by atoms with van der Waals surface area (Å²) < 4.78 is 0. The van der Waals surface area contributed by atoms with Crippen LogP contribution in [0.15, 0.2) is 66.7 Å². The van der Waals surface area contributed by atoms with Crippen molar-refractivity contribution in [2.24, 2.45) is 0 Å². The molecule has 0 spiro atoms. The Labute approximate surface area is 181 Å². The Hall–Kier alpha value is -2.43. The second-order valence-corrected chi connectivity index (χ2v) is 8.09. The van der Waals surface area contributed by atoms with Gasteiger partial charge in [-0.15, -0.1) is 0 Å². The lowest BCUT2D eigenvalue weighted by molar-refractivity contribution is -0.126. The molecule has 1 saturated heterocycles. The van der Waals surface area contributed by atoms with E-state index in [9.17, 15) is 4.79 Å². The lowest BCUT2D eigenvalue weighted by atomic mass is 9.96. The number of rotatable bonds is 9. The lowest BCUT2D eigenvalue weighted by Crippen LogP contribution is -2.54. The molecule has 2 aromatic rings. The fourth-order valence-corrected chi connectivity index (χ4v) is 4.00. The molecule has 3 rings (SSSR count). The third kappa shape index (κ3) is 6.54. The number of hydrogen-bond donors (Lipinski definition) is 1. The minimum Gasteiger partial charge on any atom is -0.354 e. The maximum absolute atomic E-state index is 12.7. The van der Waals surface area contributed by atoms with Crippen LogP contribution in [0, 0.1) is 0 Å². The standard InChI is InChI=1S/C26H35N3O/c1-3-24(25-14-8-5-9-15-25)21-27-26(30)22(2)29-19-17-28(18-20-29)16-10-13-23-11-6-4-7-12-23/h4-15,22,24H,3,16-21H2,1-2H3,(H,27,30)/b13-10+/t22-,24+/m0/s1. The summed E-state index contributed by atoms with van der Waals surface area (Å²) in [6.07, 6.45) is 5.43. The average molecular weight is 406 g/mol. The highest BCUT2D eigenvalue weighted by Crippen LogP contribution is 2.18. The second kappa shape index (κ2) is 11.7. The quantitative estimate of drug-likeness (QED) is 0.685. The van der Waals surface area contributed by atoms with E-state index < -0.39 is 0 Å². The van der Waals surface area contributed by atoms with Gasteiger partial charge in [0.2, 0.25) is 5.91 Å². The van der Waals surface area contributed by atoms with Gasteiger partial charge in [-0.05, 0) is 24.5 Å². The van der Waals surface area contributed by atoms with Gasteiger partial charge in [-0.3, -0.25) is 14.6 Å². The molecule has 1 aliphatic heterocycles. The number of piperazine rings is 1. The molecule has 30 heavy (non-hydrogen) atoms. The molecular weight excluding hydrogens is 370 g/mol. The molecule has 0 radical (unpaired) electrons.